The molecule has 11 nitrogen and oxygen atoms in total. The number of ether oxygens (including phenoxy) is 2. The highest BCUT2D eigenvalue weighted by Crippen LogP contribution is 2.38. The Kier molecular flexibility index (Phi) is 14.9. The van der Waals surface area contributed by atoms with Crippen molar-refractivity contribution in [2.75, 3.05) is 25.7 Å². The first-order valence-electron chi connectivity index (χ1n) is 19.1. The number of amides is 3. The maximum absolute atomic E-state index is 14.1. The number of hydrogen-bond acceptors (Lipinski definition) is 10. The Bertz CT molecular complexity index is 1430. The highest BCUT2D eigenvalue weighted by Gasteiger charge is 2.45. The Labute approximate surface area is 316 Å². The molecule has 0 aliphatic carbocycles. The fourth-order valence-corrected chi connectivity index (χ4v) is 11.2. The van der Waals surface area contributed by atoms with Crippen LogP contribution in [0.5, 0.6) is 0 Å². The first-order chi connectivity index (χ1) is 25.2. The average molecular weight is 758 g/mol. The van der Waals surface area contributed by atoms with Crippen LogP contribution in [-0.2, 0) is 44.7 Å². The first kappa shape index (κ1) is 40.1. The standard InChI is InChI=1S/C39H55N3O8S2/c1-4-10-26(32(43)24-28-19-21-51-33-15-8-13-30(38(47)49-2)41(33)36(28)45)17-18-27(23-25-11-6-5-7-12-25)35(44)40-29-20-22-52-34-16-9-14-31(39(48)50-3)42(34)37(29)46/h5-7,11-12,26-31,33-34H,4,8-10,13-24H2,1-3H3,(H,40,44)/t26-,27+,28+,29-,30-,31-,33-,34-/m0/s1. The molecule has 1 N–H and O–H groups in total. The van der Waals surface area contributed by atoms with Crippen LogP contribution < -0.4 is 5.32 Å². The normalized spacial score (nSPS) is 27.6. The monoisotopic (exact) mass is 757 g/mol. The number of rotatable bonds is 14. The van der Waals surface area contributed by atoms with Gasteiger partial charge in [-0.25, -0.2) is 9.59 Å². The van der Waals surface area contributed by atoms with E-state index in [-0.39, 0.29) is 46.6 Å². The molecule has 0 bridgehead atoms. The molecule has 0 unspecified atom stereocenters. The van der Waals surface area contributed by atoms with Gasteiger partial charge in [-0.1, -0.05) is 43.7 Å². The van der Waals surface area contributed by atoms with Crippen molar-refractivity contribution in [1.82, 2.24) is 15.1 Å². The van der Waals surface area contributed by atoms with E-state index in [1.54, 1.807) is 33.3 Å². The van der Waals surface area contributed by atoms with Crippen molar-refractivity contribution in [3.05, 3.63) is 35.9 Å². The number of hydrogen-bond donors (Lipinski definition) is 1. The molecule has 5 rings (SSSR count). The van der Waals surface area contributed by atoms with Crippen LogP contribution in [0.4, 0.5) is 0 Å². The molecule has 3 amide bonds. The second kappa shape index (κ2) is 19.3. The molecule has 1 aromatic rings. The summed E-state index contributed by atoms with van der Waals surface area (Å²) in [7, 11) is 2.68. The Morgan fingerprint density at radius 2 is 1.35 bits per heavy atom. The Balaban J connectivity index is 1.28. The van der Waals surface area contributed by atoms with Crippen molar-refractivity contribution in [2.24, 2.45) is 17.8 Å². The van der Waals surface area contributed by atoms with Crippen LogP contribution in [0.25, 0.3) is 0 Å². The van der Waals surface area contributed by atoms with Gasteiger partial charge in [0.2, 0.25) is 17.7 Å². The first-order valence-corrected chi connectivity index (χ1v) is 21.2. The number of piperidine rings is 2. The van der Waals surface area contributed by atoms with E-state index >= 15 is 0 Å². The van der Waals surface area contributed by atoms with Gasteiger partial charge >= 0.3 is 11.9 Å². The van der Waals surface area contributed by atoms with Gasteiger partial charge in [0.05, 0.1) is 25.0 Å². The van der Waals surface area contributed by atoms with E-state index < -0.39 is 41.9 Å². The van der Waals surface area contributed by atoms with Gasteiger partial charge < -0.3 is 24.6 Å². The fraction of sp³-hybridized carbons (Fsp3) is 0.692. The number of carbonyl (C=O) groups is 6. The predicted octanol–water partition coefficient (Wildman–Crippen LogP) is 5.14. The molecule has 4 heterocycles. The molecule has 8 atom stereocenters. The van der Waals surface area contributed by atoms with Crippen molar-refractivity contribution in [2.45, 2.75) is 126 Å². The largest absolute Gasteiger partial charge is 0.467 e. The molecule has 4 fully saturated rings. The Hall–Kier alpha value is -3.06. The zero-order chi connectivity index (χ0) is 37.2. The third-order valence-electron chi connectivity index (χ3n) is 11.2. The van der Waals surface area contributed by atoms with E-state index in [0.29, 0.717) is 57.1 Å². The van der Waals surface area contributed by atoms with Crippen molar-refractivity contribution >= 4 is 59.0 Å². The zero-order valence-electron chi connectivity index (χ0n) is 30.8. The lowest BCUT2D eigenvalue weighted by Crippen LogP contribution is -2.57. The molecule has 0 radical (unpaired) electrons. The predicted molar refractivity (Wildman–Crippen MR) is 201 cm³/mol. The lowest BCUT2D eigenvalue weighted by atomic mass is 9.83. The number of fused-ring (bicyclic) bond motifs is 2. The molecule has 0 saturated carbocycles. The molecule has 4 aliphatic rings. The quantitative estimate of drug-likeness (QED) is 0.254. The van der Waals surface area contributed by atoms with Crippen molar-refractivity contribution in [1.29, 1.82) is 0 Å². The second-order valence-corrected chi connectivity index (χ2v) is 17.1. The lowest BCUT2D eigenvalue weighted by Gasteiger charge is -2.40. The van der Waals surface area contributed by atoms with E-state index in [4.69, 9.17) is 9.47 Å². The van der Waals surface area contributed by atoms with Crippen LogP contribution >= 0.6 is 23.5 Å². The van der Waals surface area contributed by atoms with Crippen LogP contribution in [0.3, 0.4) is 0 Å². The summed E-state index contributed by atoms with van der Waals surface area (Å²) in [6.07, 6.45) is 8.37. The minimum absolute atomic E-state index is 0.0232. The third-order valence-corrected chi connectivity index (χ3v) is 13.8. The SMILES string of the molecule is CCC[C@@H](CC[C@H](Cc1ccccc1)C(=O)N[C@H]1CCS[C@H]2CCC[C@@H](C(=O)OC)N2C1=O)C(=O)C[C@H]1CCS[C@H]2CCC[C@@H](C(=O)OC)N2C1=O. The van der Waals surface area contributed by atoms with E-state index in [2.05, 4.69) is 5.32 Å². The van der Waals surface area contributed by atoms with E-state index in [0.717, 1.165) is 43.4 Å². The molecular formula is C39H55N3O8S2. The summed E-state index contributed by atoms with van der Waals surface area (Å²) in [5.41, 5.74) is 0.989. The highest BCUT2D eigenvalue weighted by atomic mass is 32.2. The molecule has 286 valence electrons. The molecular weight excluding hydrogens is 703 g/mol. The summed E-state index contributed by atoms with van der Waals surface area (Å²) in [4.78, 5) is 84.7. The highest BCUT2D eigenvalue weighted by molar-refractivity contribution is 8.00. The second-order valence-electron chi connectivity index (χ2n) is 14.5. The molecule has 0 aromatic heterocycles. The van der Waals surface area contributed by atoms with Gasteiger partial charge in [-0.3, -0.25) is 19.2 Å². The van der Waals surface area contributed by atoms with Crippen molar-refractivity contribution < 1.29 is 38.2 Å². The van der Waals surface area contributed by atoms with Crippen LogP contribution in [0.2, 0.25) is 0 Å². The Morgan fingerprint density at radius 1 is 0.769 bits per heavy atom. The van der Waals surface area contributed by atoms with Crippen LogP contribution in [0, 0.1) is 17.8 Å². The fourth-order valence-electron chi connectivity index (χ4n) is 8.35. The number of methoxy groups -OCH3 is 2. The zero-order valence-corrected chi connectivity index (χ0v) is 32.4. The van der Waals surface area contributed by atoms with E-state index in [9.17, 15) is 28.8 Å². The number of Topliss-reactive ketones (excluding diaryl/α,β-unsaturated/α-hetero) is 1. The van der Waals surface area contributed by atoms with Crippen molar-refractivity contribution in [3.8, 4) is 0 Å². The number of benzene rings is 1. The summed E-state index contributed by atoms with van der Waals surface area (Å²) in [5.74, 6) is -1.30. The van der Waals surface area contributed by atoms with Gasteiger partial charge in [0, 0.05) is 24.2 Å². The number of thioether (sulfide) groups is 2. The molecule has 4 aliphatic heterocycles. The Morgan fingerprint density at radius 3 is 1.94 bits per heavy atom. The number of ketones is 1. The summed E-state index contributed by atoms with van der Waals surface area (Å²) >= 11 is 3.34. The maximum atomic E-state index is 14.1. The lowest BCUT2D eigenvalue weighted by molar-refractivity contribution is -0.157. The number of esters is 2. The van der Waals surface area contributed by atoms with Gasteiger partial charge in [0.15, 0.2) is 0 Å². The molecule has 4 saturated heterocycles. The molecule has 0 spiro atoms. The van der Waals surface area contributed by atoms with E-state index in [1.165, 1.54) is 14.2 Å². The van der Waals surface area contributed by atoms with Gasteiger partial charge in [-0.2, -0.15) is 0 Å². The molecule has 13 heteroatoms. The van der Waals surface area contributed by atoms with E-state index in [1.807, 2.05) is 37.3 Å². The third kappa shape index (κ3) is 9.72. The summed E-state index contributed by atoms with van der Waals surface area (Å²) in [5, 5.41) is 2.87. The van der Waals surface area contributed by atoms with Gasteiger partial charge in [0.25, 0.3) is 0 Å². The number of nitrogens with zero attached hydrogens (tertiary/aromatic N) is 2. The maximum Gasteiger partial charge on any atom is 0.328 e. The summed E-state index contributed by atoms with van der Waals surface area (Å²) in [6.45, 7) is 2.03. The molecule has 52 heavy (non-hydrogen) atoms. The van der Waals surface area contributed by atoms with Crippen LogP contribution in [0.1, 0.15) is 96.0 Å². The average Bonchev–Trinajstić information content (AvgIpc) is 3.42. The van der Waals surface area contributed by atoms with Crippen LogP contribution in [-0.4, -0.2) is 99.8 Å². The topological polar surface area (TPSA) is 139 Å². The minimum atomic E-state index is -0.756. The van der Waals surface area contributed by atoms with Crippen LogP contribution in [0.15, 0.2) is 30.3 Å². The minimum Gasteiger partial charge on any atom is -0.467 e. The van der Waals surface area contributed by atoms with Crippen molar-refractivity contribution in [3.63, 3.8) is 0 Å². The number of carbonyl (C=O) groups excluding carboxylic acids is 6. The van der Waals surface area contributed by atoms with Gasteiger partial charge in [-0.15, -0.1) is 23.5 Å². The van der Waals surface area contributed by atoms with Gasteiger partial charge in [0.1, 0.15) is 23.9 Å². The van der Waals surface area contributed by atoms with Gasteiger partial charge in [-0.05, 0) is 94.1 Å². The summed E-state index contributed by atoms with van der Waals surface area (Å²) < 4.78 is 10.1. The number of nitrogens with one attached hydrogen (secondary N) is 1. The summed E-state index contributed by atoms with van der Waals surface area (Å²) in [6, 6.07) is 7.72. The molecule has 1 aromatic carbocycles. The smallest absolute Gasteiger partial charge is 0.328 e.